The number of likely N-dealkylation sites (tertiary alicyclic amines) is 1. The van der Waals surface area contributed by atoms with Gasteiger partial charge in [0.2, 0.25) is 5.91 Å². The van der Waals surface area contributed by atoms with Crippen LogP contribution >= 0.6 is 15.9 Å². The second kappa shape index (κ2) is 6.32. The van der Waals surface area contributed by atoms with Gasteiger partial charge in [0.05, 0.1) is 6.04 Å². The van der Waals surface area contributed by atoms with Crippen molar-refractivity contribution in [3.8, 4) is 0 Å². The number of aromatic nitrogens is 1. The Labute approximate surface area is 133 Å². The van der Waals surface area contributed by atoms with Crippen LogP contribution in [-0.4, -0.2) is 47.5 Å². The number of halogens is 1. The Kier molecular flexibility index (Phi) is 4.45. The summed E-state index contributed by atoms with van der Waals surface area (Å²) in [6.45, 7) is 2.98. The summed E-state index contributed by atoms with van der Waals surface area (Å²) >= 11 is 3.41. The van der Waals surface area contributed by atoms with E-state index in [0.717, 1.165) is 55.6 Å². The largest absolute Gasteiger partial charge is 0.368 e. The van der Waals surface area contributed by atoms with Crippen LogP contribution in [0.4, 0.5) is 5.82 Å². The summed E-state index contributed by atoms with van der Waals surface area (Å²) in [5.41, 5.74) is 5.52. The van der Waals surface area contributed by atoms with Crippen LogP contribution in [0.2, 0.25) is 0 Å². The number of nitrogens with zero attached hydrogens (tertiary/aromatic N) is 3. The summed E-state index contributed by atoms with van der Waals surface area (Å²) in [5.74, 6) is 0.869. The van der Waals surface area contributed by atoms with Crippen molar-refractivity contribution in [3.63, 3.8) is 0 Å². The molecule has 0 bridgehead atoms. The molecule has 1 unspecified atom stereocenters. The first-order valence-electron chi connectivity index (χ1n) is 7.57. The van der Waals surface area contributed by atoms with E-state index in [1.807, 2.05) is 18.3 Å². The molecular formula is C15H21BrN4O. The number of piperidine rings is 1. The average Bonchev–Trinajstić information content (AvgIpc) is 2.98. The van der Waals surface area contributed by atoms with Gasteiger partial charge in [-0.15, -0.1) is 0 Å². The summed E-state index contributed by atoms with van der Waals surface area (Å²) in [7, 11) is 0. The topological polar surface area (TPSA) is 62.5 Å². The van der Waals surface area contributed by atoms with Crippen molar-refractivity contribution in [3.05, 3.63) is 22.8 Å². The van der Waals surface area contributed by atoms with E-state index in [1.54, 1.807) is 0 Å². The lowest BCUT2D eigenvalue weighted by atomic mass is 10.0. The SMILES string of the molecule is NC(=O)C1CCCN1C1CCN(c2ccc(Br)cn2)CC1. The predicted octanol–water partition coefficient (Wildman–Crippen LogP) is 1.76. The van der Waals surface area contributed by atoms with E-state index < -0.39 is 0 Å². The Morgan fingerprint density at radius 2 is 2.00 bits per heavy atom. The van der Waals surface area contributed by atoms with Gasteiger partial charge in [0, 0.05) is 29.8 Å². The van der Waals surface area contributed by atoms with Crippen molar-refractivity contribution < 1.29 is 4.79 Å². The van der Waals surface area contributed by atoms with E-state index in [9.17, 15) is 4.79 Å². The molecule has 114 valence electrons. The Morgan fingerprint density at radius 3 is 2.62 bits per heavy atom. The Bertz CT molecular complexity index is 499. The van der Waals surface area contributed by atoms with Gasteiger partial charge in [-0.25, -0.2) is 4.98 Å². The minimum absolute atomic E-state index is 0.0487. The molecule has 1 amide bonds. The number of amides is 1. The van der Waals surface area contributed by atoms with Crippen LogP contribution in [0.25, 0.3) is 0 Å². The van der Waals surface area contributed by atoms with Crippen molar-refractivity contribution >= 4 is 27.7 Å². The first-order valence-corrected chi connectivity index (χ1v) is 8.36. The fourth-order valence-corrected chi connectivity index (χ4v) is 3.75. The number of rotatable bonds is 3. The average molecular weight is 353 g/mol. The molecule has 6 heteroatoms. The predicted molar refractivity (Wildman–Crippen MR) is 86.1 cm³/mol. The van der Waals surface area contributed by atoms with E-state index in [1.165, 1.54) is 0 Å². The van der Waals surface area contributed by atoms with Crippen molar-refractivity contribution in [2.75, 3.05) is 24.5 Å². The van der Waals surface area contributed by atoms with Crippen LogP contribution in [-0.2, 0) is 4.79 Å². The quantitative estimate of drug-likeness (QED) is 0.900. The fraction of sp³-hybridized carbons (Fsp3) is 0.600. The zero-order valence-electron chi connectivity index (χ0n) is 12.0. The Morgan fingerprint density at radius 1 is 1.24 bits per heavy atom. The molecule has 1 aromatic heterocycles. The van der Waals surface area contributed by atoms with Crippen LogP contribution in [0.5, 0.6) is 0 Å². The van der Waals surface area contributed by atoms with Crippen molar-refractivity contribution in [2.24, 2.45) is 5.73 Å². The van der Waals surface area contributed by atoms with Gasteiger partial charge in [0.15, 0.2) is 0 Å². The van der Waals surface area contributed by atoms with E-state index >= 15 is 0 Å². The number of pyridine rings is 1. The zero-order chi connectivity index (χ0) is 14.8. The number of hydrogen-bond donors (Lipinski definition) is 1. The Hall–Kier alpha value is -1.14. The number of carbonyl (C=O) groups excluding carboxylic acids is 1. The van der Waals surface area contributed by atoms with Crippen molar-refractivity contribution in [1.29, 1.82) is 0 Å². The van der Waals surface area contributed by atoms with Crippen LogP contribution in [0.15, 0.2) is 22.8 Å². The third kappa shape index (κ3) is 3.21. The summed E-state index contributed by atoms with van der Waals surface area (Å²) < 4.78 is 1.00. The van der Waals surface area contributed by atoms with Crippen molar-refractivity contribution in [1.82, 2.24) is 9.88 Å². The van der Waals surface area contributed by atoms with Gasteiger partial charge >= 0.3 is 0 Å². The summed E-state index contributed by atoms with van der Waals surface area (Å²) in [6, 6.07) is 4.51. The van der Waals surface area contributed by atoms with Gasteiger partial charge in [-0.2, -0.15) is 0 Å². The monoisotopic (exact) mass is 352 g/mol. The van der Waals surface area contributed by atoms with E-state index in [-0.39, 0.29) is 11.9 Å². The molecule has 3 rings (SSSR count). The third-order valence-electron chi connectivity index (χ3n) is 4.59. The molecule has 21 heavy (non-hydrogen) atoms. The van der Waals surface area contributed by atoms with Gasteiger partial charge < -0.3 is 10.6 Å². The van der Waals surface area contributed by atoms with Crippen LogP contribution in [0.1, 0.15) is 25.7 Å². The number of primary amides is 1. The zero-order valence-corrected chi connectivity index (χ0v) is 13.6. The normalized spacial score (nSPS) is 24.4. The molecule has 0 aromatic carbocycles. The molecule has 2 aliphatic heterocycles. The lowest BCUT2D eigenvalue weighted by Gasteiger charge is -2.39. The van der Waals surface area contributed by atoms with Gasteiger partial charge in [0.25, 0.3) is 0 Å². The van der Waals surface area contributed by atoms with E-state index in [4.69, 9.17) is 5.73 Å². The van der Waals surface area contributed by atoms with E-state index in [2.05, 4.69) is 30.7 Å². The first-order chi connectivity index (χ1) is 10.1. The number of hydrogen-bond acceptors (Lipinski definition) is 4. The highest BCUT2D eigenvalue weighted by atomic mass is 79.9. The second-order valence-electron chi connectivity index (χ2n) is 5.85. The molecule has 1 atom stereocenters. The number of nitrogens with two attached hydrogens (primary N) is 1. The first kappa shape index (κ1) is 14.8. The molecule has 5 nitrogen and oxygen atoms in total. The van der Waals surface area contributed by atoms with Gasteiger partial charge in [-0.05, 0) is 60.3 Å². The minimum atomic E-state index is -0.162. The van der Waals surface area contributed by atoms with Crippen LogP contribution < -0.4 is 10.6 Å². The smallest absolute Gasteiger partial charge is 0.234 e. The van der Waals surface area contributed by atoms with Gasteiger partial charge in [-0.3, -0.25) is 9.69 Å². The summed E-state index contributed by atoms with van der Waals surface area (Å²) in [5, 5.41) is 0. The maximum Gasteiger partial charge on any atom is 0.234 e. The second-order valence-corrected chi connectivity index (χ2v) is 6.77. The lowest BCUT2D eigenvalue weighted by Crippen LogP contribution is -2.50. The molecule has 1 aromatic rings. The summed E-state index contributed by atoms with van der Waals surface area (Å²) in [6.07, 6.45) is 5.99. The molecule has 2 N–H and O–H groups in total. The molecule has 2 aliphatic rings. The number of carbonyl (C=O) groups is 1. The highest BCUT2D eigenvalue weighted by Crippen LogP contribution is 2.27. The molecule has 0 saturated carbocycles. The van der Waals surface area contributed by atoms with Crippen molar-refractivity contribution in [2.45, 2.75) is 37.8 Å². The molecule has 0 radical (unpaired) electrons. The Balaban J connectivity index is 1.60. The van der Waals surface area contributed by atoms with E-state index in [0.29, 0.717) is 6.04 Å². The van der Waals surface area contributed by atoms with Crippen LogP contribution in [0, 0.1) is 0 Å². The molecular weight excluding hydrogens is 332 g/mol. The van der Waals surface area contributed by atoms with Gasteiger partial charge in [-0.1, -0.05) is 0 Å². The maximum atomic E-state index is 11.5. The molecule has 0 spiro atoms. The minimum Gasteiger partial charge on any atom is -0.368 e. The maximum absolute atomic E-state index is 11.5. The standard InChI is InChI=1S/C15H21BrN4O/c16-11-3-4-14(18-10-11)19-8-5-12(6-9-19)20-7-1-2-13(20)15(17)21/h3-4,10,12-13H,1-2,5-9H2,(H2,17,21). The number of anilines is 1. The molecule has 2 saturated heterocycles. The van der Waals surface area contributed by atoms with Gasteiger partial charge in [0.1, 0.15) is 5.82 Å². The highest BCUT2D eigenvalue weighted by Gasteiger charge is 2.35. The molecule has 0 aliphatic carbocycles. The molecule has 3 heterocycles. The third-order valence-corrected chi connectivity index (χ3v) is 5.06. The summed E-state index contributed by atoms with van der Waals surface area (Å²) in [4.78, 5) is 20.6. The fourth-order valence-electron chi connectivity index (χ4n) is 3.51. The van der Waals surface area contributed by atoms with Crippen LogP contribution in [0.3, 0.4) is 0 Å². The lowest BCUT2D eigenvalue weighted by molar-refractivity contribution is -0.123. The highest BCUT2D eigenvalue weighted by molar-refractivity contribution is 9.10. The molecule has 2 fully saturated rings.